The Labute approximate surface area is 187 Å². The van der Waals surface area contributed by atoms with Gasteiger partial charge in [0.15, 0.2) is 0 Å². The van der Waals surface area contributed by atoms with Crippen molar-refractivity contribution in [1.29, 1.82) is 0 Å². The Hall–Kier alpha value is -3.19. The third-order valence-electron chi connectivity index (χ3n) is 7.03. The molecule has 1 atom stereocenters. The number of hydrogen-bond acceptors (Lipinski definition) is 7. The van der Waals surface area contributed by atoms with Crippen molar-refractivity contribution in [3.8, 4) is 5.75 Å². The van der Waals surface area contributed by atoms with E-state index in [0.717, 1.165) is 47.0 Å². The molecule has 3 aromatic rings. The van der Waals surface area contributed by atoms with E-state index in [4.69, 9.17) is 20.2 Å². The van der Waals surface area contributed by atoms with Crippen LogP contribution in [-0.2, 0) is 10.2 Å². The second-order valence-corrected chi connectivity index (χ2v) is 9.19. The van der Waals surface area contributed by atoms with Crippen molar-refractivity contribution in [2.75, 3.05) is 12.4 Å². The lowest BCUT2D eigenvalue weighted by molar-refractivity contribution is -0.0285. The molecule has 2 aromatic heterocycles. The SMILES string of the molecule is CC[C@H](N)c1ccc(OC)c2cnc(Nc3ccc4c(n3)C3(CC3)C(C)(C)OC4=O)cc12. The van der Waals surface area contributed by atoms with Gasteiger partial charge in [-0.3, -0.25) is 0 Å². The van der Waals surface area contributed by atoms with Crippen LogP contribution in [0.1, 0.15) is 67.7 Å². The van der Waals surface area contributed by atoms with Crippen molar-refractivity contribution < 1.29 is 14.3 Å². The molecule has 1 spiro atoms. The first-order chi connectivity index (χ1) is 15.3. The maximum Gasteiger partial charge on any atom is 0.340 e. The van der Waals surface area contributed by atoms with Crippen LogP contribution in [0.2, 0.25) is 0 Å². The van der Waals surface area contributed by atoms with Gasteiger partial charge < -0.3 is 20.5 Å². The van der Waals surface area contributed by atoms with E-state index < -0.39 is 5.60 Å². The highest BCUT2D eigenvalue weighted by molar-refractivity contribution is 5.94. The number of rotatable bonds is 5. The third kappa shape index (κ3) is 3.03. The number of hydrogen-bond donors (Lipinski definition) is 2. The molecule has 1 aliphatic carbocycles. The van der Waals surface area contributed by atoms with Crippen molar-refractivity contribution in [3.05, 3.63) is 53.3 Å². The molecule has 32 heavy (non-hydrogen) atoms. The number of nitrogens with one attached hydrogen (secondary N) is 1. The first kappa shape index (κ1) is 20.7. The summed E-state index contributed by atoms with van der Waals surface area (Å²) in [4.78, 5) is 21.9. The number of fused-ring (bicyclic) bond motifs is 3. The molecule has 0 amide bonds. The number of nitrogens with two attached hydrogens (primary N) is 1. The standard InChI is InChI=1S/C25H28N4O3/c1-5-18(26)14-6-8-19(31-4)17-13-27-21(12-16(14)17)28-20-9-7-15-22(29-20)25(10-11-25)24(2,3)32-23(15)30/h6-9,12-13,18H,5,10-11,26H2,1-4H3,(H,27,28,29)/t18-/m0/s1. The molecule has 1 saturated carbocycles. The fourth-order valence-electron chi connectivity index (χ4n) is 4.85. The average molecular weight is 433 g/mol. The maximum atomic E-state index is 12.5. The number of nitrogens with zero attached hydrogens (tertiary/aromatic N) is 2. The summed E-state index contributed by atoms with van der Waals surface area (Å²) in [6, 6.07) is 9.44. The summed E-state index contributed by atoms with van der Waals surface area (Å²) < 4.78 is 11.2. The zero-order valence-corrected chi connectivity index (χ0v) is 18.9. The van der Waals surface area contributed by atoms with Gasteiger partial charge in [0, 0.05) is 17.6 Å². The van der Waals surface area contributed by atoms with Crippen LogP contribution >= 0.6 is 0 Å². The van der Waals surface area contributed by atoms with Gasteiger partial charge in [-0.25, -0.2) is 14.8 Å². The predicted molar refractivity (Wildman–Crippen MR) is 123 cm³/mol. The number of ether oxygens (including phenoxy) is 2. The Bertz CT molecular complexity index is 1230. The van der Waals surface area contributed by atoms with Crippen LogP contribution in [0.5, 0.6) is 5.75 Å². The molecule has 0 bridgehead atoms. The molecule has 1 fully saturated rings. The Morgan fingerprint density at radius 1 is 1.19 bits per heavy atom. The van der Waals surface area contributed by atoms with Crippen molar-refractivity contribution >= 4 is 28.4 Å². The van der Waals surface area contributed by atoms with Crippen molar-refractivity contribution in [3.63, 3.8) is 0 Å². The van der Waals surface area contributed by atoms with Crippen molar-refractivity contribution in [1.82, 2.24) is 9.97 Å². The maximum absolute atomic E-state index is 12.5. The molecule has 2 aliphatic rings. The monoisotopic (exact) mass is 432 g/mol. The van der Waals surface area contributed by atoms with Gasteiger partial charge in [0.25, 0.3) is 0 Å². The minimum absolute atomic E-state index is 0.0801. The highest BCUT2D eigenvalue weighted by Gasteiger charge is 2.63. The molecule has 0 unspecified atom stereocenters. The van der Waals surface area contributed by atoms with Crippen LogP contribution in [-0.4, -0.2) is 28.6 Å². The molecule has 7 heteroatoms. The Morgan fingerprint density at radius 3 is 2.66 bits per heavy atom. The van der Waals surface area contributed by atoms with Gasteiger partial charge in [-0.1, -0.05) is 13.0 Å². The van der Waals surface area contributed by atoms with E-state index in [1.54, 1.807) is 25.4 Å². The zero-order chi connectivity index (χ0) is 22.7. The largest absolute Gasteiger partial charge is 0.496 e. The van der Waals surface area contributed by atoms with E-state index in [2.05, 4.69) is 17.2 Å². The third-order valence-corrected chi connectivity index (χ3v) is 7.03. The Balaban J connectivity index is 1.55. The van der Waals surface area contributed by atoms with E-state index >= 15 is 0 Å². The molecule has 0 saturated heterocycles. The average Bonchev–Trinajstić information content (AvgIpc) is 3.59. The van der Waals surface area contributed by atoms with E-state index in [-0.39, 0.29) is 17.4 Å². The van der Waals surface area contributed by atoms with Gasteiger partial charge in [0.05, 0.1) is 23.8 Å². The molecular formula is C25H28N4O3. The van der Waals surface area contributed by atoms with Crippen LogP contribution in [0.15, 0.2) is 36.5 Å². The number of benzene rings is 1. The lowest BCUT2D eigenvalue weighted by Gasteiger charge is -2.39. The Kier molecular flexibility index (Phi) is 4.64. The Morgan fingerprint density at radius 2 is 1.97 bits per heavy atom. The molecule has 1 aliphatic heterocycles. The quantitative estimate of drug-likeness (QED) is 0.560. The summed E-state index contributed by atoms with van der Waals surface area (Å²) in [5.41, 5.74) is 8.02. The van der Waals surface area contributed by atoms with Crippen LogP contribution in [0, 0.1) is 0 Å². The molecule has 7 nitrogen and oxygen atoms in total. The number of esters is 1. The lowest BCUT2D eigenvalue weighted by atomic mass is 9.80. The number of methoxy groups -OCH3 is 1. The minimum Gasteiger partial charge on any atom is -0.496 e. The predicted octanol–water partition coefficient (Wildman–Crippen LogP) is 4.77. The van der Waals surface area contributed by atoms with Crippen molar-refractivity contribution in [2.24, 2.45) is 5.73 Å². The van der Waals surface area contributed by atoms with Gasteiger partial charge in [-0.05, 0) is 68.3 Å². The van der Waals surface area contributed by atoms with Gasteiger partial charge in [0.2, 0.25) is 0 Å². The van der Waals surface area contributed by atoms with Crippen molar-refractivity contribution in [2.45, 2.75) is 57.1 Å². The fraction of sp³-hybridized carbons (Fsp3) is 0.400. The highest BCUT2D eigenvalue weighted by atomic mass is 16.6. The second kappa shape index (κ2) is 7.17. The van der Waals surface area contributed by atoms with E-state index in [1.807, 2.05) is 32.0 Å². The number of aromatic nitrogens is 2. The lowest BCUT2D eigenvalue weighted by Crippen LogP contribution is -2.46. The first-order valence-electron chi connectivity index (χ1n) is 11.0. The van der Waals surface area contributed by atoms with Crippen LogP contribution in [0.4, 0.5) is 11.6 Å². The summed E-state index contributed by atoms with van der Waals surface area (Å²) in [7, 11) is 1.65. The van der Waals surface area contributed by atoms with Gasteiger partial charge in [-0.15, -0.1) is 0 Å². The first-order valence-corrected chi connectivity index (χ1v) is 11.0. The summed E-state index contributed by atoms with van der Waals surface area (Å²) in [5.74, 6) is 1.76. The number of carbonyl (C=O) groups is 1. The minimum atomic E-state index is -0.564. The summed E-state index contributed by atoms with van der Waals surface area (Å²) >= 11 is 0. The van der Waals surface area contributed by atoms with Gasteiger partial charge in [0.1, 0.15) is 23.0 Å². The highest BCUT2D eigenvalue weighted by Crippen LogP contribution is 2.59. The van der Waals surface area contributed by atoms with Gasteiger partial charge >= 0.3 is 5.97 Å². The molecule has 5 rings (SSSR count). The number of carbonyl (C=O) groups excluding carboxylic acids is 1. The fourth-order valence-corrected chi connectivity index (χ4v) is 4.85. The van der Waals surface area contributed by atoms with Crippen LogP contribution < -0.4 is 15.8 Å². The smallest absolute Gasteiger partial charge is 0.340 e. The number of cyclic esters (lactones) is 1. The van der Waals surface area contributed by atoms with E-state index in [0.29, 0.717) is 17.2 Å². The molecule has 166 valence electrons. The summed E-state index contributed by atoms with van der Waals surface area (Å²) in [6.45, 7) is 6.01. The van der Waals surface area contributed by atoms with E-state index in [1.165, 1.54) is 0 Å². The molecule has 3 heterocycles. The molecule has 0 radical (unpaired) electrons. The summed E-state index contributed by atoms with van der Waals surface area (Å²) in [5, 5.41) is 5.23. The van der Waals surface area contributed by atoms with Crippen LogP contribution in [0.3, 0.4) is 0 Å². The topological polar surface area (TPSA) is 99.4 Å². The molecular weight excluding hydrogens is 404 g/mol. The zero-order valence-electron chi connectivity index (χ0n) is 18.9. The molecule has 1 aromatic carbocycles. The number of anilines is 2. The van der Waals surface area contributed by atoms with Gasteiger partial charge in [-0.2, -0.15) is 0 Å². The number of pyridine rings is 2. The summed E-state index contributed by atoms with van der Waals surface area (Å²) in [6.07, 6.45) is 4.54. The molecule has 3 N–H and O–H groups in total. The van der Waals surface area contributed by atoms with Crippen LogP contribution in [0.25, 0.3) is 10.8 Å². The normalized spacial score (nSPS) is 18.7. The van der Waals surface area contributed by atoms with E-state index in [9.17, 15) is 4.79 Å². The second-order valence-electron chi connectivity index (χ2n) is 9.19.